The van der Waals surface area contributed by atoms with Gasteiger partial charge in [-0.1, -0.05) is 11.6 Å². The summed E-state index contributed by atoms with van der Waals surface area (Å²) in [4.78, 5) is 77.4. The van der Waals surface area contributed by atoms with Gasteiger partial charge in [-0.2, -0.15) is 4.98 Å². The molecule has 4 aromatic rings. The summed E-state index contributed by atoms with van der Waals surface area (Å²) in [5, 5.41) is 6.67. The van der Waals surface area contributed by atoms with Gasteiger partial charge < -0.3 is 44.5 Å². The third-order valence-corrected chi connectivity index (χ3v) is 13.8. The van der Waals surface area contributed by atoms with Crippen molar-refractivity contribution in [1.29, 1.82) is 0 Å². The molecular weight excluding hydrogens is 861 g/mol. The van der Waals surface area contributed by atoms with Crippen LogP contribution < -0.4 is 36.3 Å². The number of rotatable bonds is 13. The molecule has 344 valence electrons. The summed E-state index contributed by atoms with van der Waals surface area (Å²) < 4.78 is 35.7. The Morgan fingerprint density at radius 2 is 1.75 bits per heavy atom. The number of pyridine rings is 1. The number of carbonyl (C=O) groups is 4. The van der Waals surface area contributed by atoms with E-state index in [0.717, 1.165) is 64.7 Å². The van der Waals surface area contributed by atoms with E-state index >= 15 is 4.39 Å². The number of imide groups is 1. The zero-order valence-corrected chi connectivity index (χ0v) is 37.4. The molecule has 19 heteroatoms. The van der Waals surface area contributed by atoms with E-state index in [0.29, 0.717) is 50.7 Å². The Morgan fingerprint density at radius 3 is 2.45 bits per heavy atom. The van der Waals surface area contributed by atoms with Crippen molar-refractivity contribution in [3.8, 4) is 11.5 Å². The number of ether oxygens (including phenoxy) is 3. The maximum absolute atomic E-state index is 16.4. The quantitative estimate of drug-likeness (QED) is 0.153. The van der Waals surface area contributed by atoms with Crippen LogP contribution in [0.4, 0.5) is 21.8 Å². The normalized spacial score (nSPS) is 22.0. The van der Waals surface area contributed by atoms with Crippen molar-refractivity contribution in [3.63, 3.8) is 0 Å². The first-order valence-electron chi connectivity index (χ1n) is 22.3. The lowest BCUT2D eigenvalue weighted by atomic mass is 9.82. The zero-order chi connectivity index (χ0) is 45.7. The molecule has 0 spiro atoms. The summed E-state index contributed by atoms with van der Waals surface area (Å²) in [5.74, 6) is -1.13. The molecule has 65 heavy (non-hydrogen) atoms. The van der Waals surface area contributed by atoms with Crippen molar-refractivity contribution in [1.82, 2.24) is 29.7 Å². The van der Waals surface area contributed by atoms with Crippen molar-refractivity contribution in [3.05, 3.63) is 74.4 Å². The average molecular weight is 914 g/mol. The number of methoxy groups -OCH3 is 1. The van der Waals surface area contributed by atoms with Crippen LogP contribution in [0.25, 0.3) is 10.9 Å². The summed E-state index contributed by atoms with van der Waals surface area (Å²) in [6, 6.07) is 8.19. The molecule has 0 bridgehead atoms. The molecule has 2 aromatic carbocycles. The van der Waals surface area contributed by atoms with Crippen LogP contribution in [0.2, 0.25) is 5.02 Å². The van der Waals surface area contributed by atoms with Crippen LogP contribution >= 0.6 is 11.6 Å². The second-order valence-corrected chi connectivity index (χ2v) is 18.3. The number of piperidine rings is 3. The van der Waals surface area contributed by atoms with Gasteiger partial charge in [-0.15, -0.1) is 0 Å². The number of halogens is 2. The maximum Gasteiger partial charge on any atom is 0.293 e. The summed E-state index contributed by atoms with van der Waals surface area (Å²) in [5.41, 5.74) is 7.30. The van der Waals surface area contributed by atoms with Gasteiger partial charge in [-0.25, -0.2) is 9.37 Å². The minimum atomic E-state index is -0.815. The fourth-order valence-corrected chi connectivity index (χ4v) is 10.2. The summed E-state index contributed by atoms with van der Waals surface area (Å²) in [7, 11) is 1.49. The van der Waals surface area contributed by atoms with Crippen molar-refractivity contribution in [2.75, 3.05) is 50.1 Å². The molecule has 1 aliphatic carbocycles. The number of fused-ring (bicyclic) bond motifs is 2. The minimum Gasteiger partial charge on any atom is -0.496 e. The number of nitrogens with two attached hydrogens (primary N) is 1. The molecule has 4 aliphatic heterocycles. The lowest BCUT2D eigenvalue weighted by Gasteiger charge is -2.47. The third-order valence-electron chi connectivity index (χ3n) is 13.5. The number of hydrogen-bond acceptors (Lipinski definition) is 13. The number of anilines is 3. The second-order valence-electron chi connectivity index (χ2n) is 17.9. The van der Waals surface area contributed by atoms with Gasteiger partial charge in [0, 0.05) is 53.8 Å². The number of likely N-dealkylation sites (tertiary alicyclic amines) is 1. The van der Waals surface area contributed by atoms with Crippen LogP contribution in [0.5, 0.6) is 11.5 Å². The largest absolute Gasteiger partial charge is 0.496 e. The topological polar surface area (TPSA) is 204 Å². The zero-order valence-electron chi connectivity index (χ0n) is 36.6. The first-order valence-corrected chi connectivity index (χ1v) is 22.7. The molecule has 1 saturated carbocycles. The van der Waals surface area contributed by atoms with Crippen molar-refractivity contribution >= 4 is 63.6 Å². The number of aromatic nitrogens is 3. The van der Waals surface area contributed by atoms with Gasteiger partial charge in [0.25, 0.3) is 17.4 Å². The van der Waals surface area contributed by atoms with E-state index in [-0.39, 0.29) is 71.9 Å². The minimum absolute atomic E-state index is 0.0157. The molecule has 4 N–H and O–H groups in total. The number of benzene rings is 2. The van der Waals surface area contributed by atoms with Gasteiger partial charge in [-0.3, -0.25) is 29.3 Å². The van der Waals surface area contributed by atoms with E-state index in [1.165, 1.54) is 12.0 Å². The van der Waals surface area contributed by atoms with Crippen LogP contribution in [-0.4, -0.2) is 112 Å². The number of hydrogen-bond donors (Lipinski definition) is 3. The molecule has 2 aromatic heterocycles. The molecule has 1 unspecified atom stereocenters. The fourth-order valence-electron chi connectivity index (χ4n) is 10.1. The lowest BCUT2D eigenvalue weighted by molar-refractivity contribution is -0.137. The molecular formula is C46H53ClFN9O8. The Morgan fingerprint density at radius 1 is 1.00 bits per heavy atom. The predicted octanol–water partition coefficient (Wildman–Crippen LogP) is 4.94. The standard InChI is InChI=1S/C46H53ClFN9O8/c1-24(2)57-34-5-4-27(16-26(34)17-37(45(57)62)64-23-38(49)58)51-42-33(47)21-50-46(53-42)55-14-10-29(11-15-55)65-30-18-28(19-30)54-12-8-25(9-13-54)40-36(63-3)20-31-32(41(40)48)22-56(44(31)61)35-6-7-39(59)52-43(35)60/h4-5,16-17,20-21,24-25,28-30,35H,6-15,18-19,22-23H2,1-3H3,(H2,49,58)(H,50,51,53)(H,52,59,60). The number of carbonyl (C=O) groups excluding carboxylic acids is 4. The molecule has 6 heterocycles. The smallest absolute Gasteiger partial charge is 0.293 e. The van der Waals surface area contributed by atoms with Crippen molar-refractivity contribution in [2.45, 2.75) is 108 Å². The van der Waals surface area contributed by atoms with Crippen LogP contribution in [0.3, 0.4) is 0 Å². The Labute approximate surface area is 379 Å². The summed E-state index contributed by atoms with van der Waals surface area (Å²) in [6.45, 7) is 6.44. The highest BCUT2D eigenvalue weighted by atomic mass is 35.5. The second kappa shape index (κ2) is 18.2. The number of amides is 4. The van der Waals surface area contributed by atoms with E-state index < -0.39 is 36.2 Å². The molecule has 4 fully saturated rings. The predicted molar refractivity (Wildman–Crippen MR) is 239 cm³/mol. The van der Waals surface area contributed by atoms with Gasteiger partial charge in [0.2, 0.25) is 17.8 Å². The highest BCUT2D eigenvalue weighted by molar-refractivity contribution is 6.33. The third kappa shape index (κ3) is 8.82. The molecule has 17 nitrogen and oxygen atoms in total. The Kier molecular flexibility index (Phi) is 12.4. The van der Waals surface area contributed by atoms with Crippen LogP contribution in [0.15, 0.2) is 41.3 Å². The Bertz CT molecular complexity index is 2610. The van der Waals surface area contributed by atoms with E-state index in [4.69, 9.17) is 36.5 Å². The van der Waals surface area contributed by atoms with Gasteiger partial charge in [0.15, 0.2) is 18.2 Å². The highest BCUT2D eigenvalue weighted by Crippen LogP contribution is 2.43. The lowest BCUT2D eigenvalue weighted by Crippen LogP contribution is -2.52. The van der Waals surface area contributed by atoms with Crippen LogP contribution in [0, 0.1) is 5.82 Å². The maximum atomic E-state index is 16.4. The summed E-state index contributed by atoms with van der Waals surface area (Å²) in [6.07, 6.45) is 7.28. The SMILES string of the molecule is COc1cc2c(c(F)c1C1CCN(C3CC(OC4CCN(c5ncc(Cl)c(Nc6ccc7c(c6)cc(OCC(N)=O)c(=O)n7C(C)C)n5)CC4)C3)CC1)CN(C1CCC(=O)NC1=O)C2=O. The van der Waals surface area contributed by atoms with Gasteiger partial charge in [0.1, 0.15) is 22.6 Å². The number of nitrogens with zero attached hydrogens (tertiary/aromatic N) is 6. The van der Waals surface area contributed by atoms with E-state index in [9.17, 15) is 24.0 Å². The molecule has 3 saturated heterocycles. The average Bonchev–Trinajstić information content (AvgIpc) is 3.60. The van der Waals surface area contributed by atoms with Crippen LogP contribution in [0.1, 0.15) is 98.7 Å². The van der Waals surface area contributed by atoms with Crippen molar-refractivity contribution in [2.24, 2.45) is 5.73 Å². The Balaban J connectivity index is 0.759. The van der Waals surface area contributed by atoms with Crippen molar-refractivity contribution < 1.29 is 37.8 Å². The molecule has 1 atom stereocenters. The van der Waals surface area contributed by atoms with E-state index in [1.807, 2.05) is 32.0 Å². The molecule has 4 amide bonds. The number of nitrogens with one attached hydrogen (secondary N) is 2. The molecule has 0 radical (unpaired) electrons. The first kappa shape index (κ1) is 44.4. The van der Waals surface area contributed by atoms with E-state index in [2.05, 4.69) is 25.4 Å². The first-order chi connectivity index (χ1) is 31.3. The summed E-state index contributed by atoms with van der Waals surface area (Å²) >= 11 is 6.58. The van der Waals surface area contributed by atoms with Gasteiger partial charge >= 0.3 is 0 Å². The highest BCUT2D eigenvalue weighted by Gasteiger charge is 2.43. The van der Waals surface area contributed by atoms with Crippen LogP contribution in [-0.2, 0) is 25.7 Å². The molecule has 5 aliphatic rings. The Hall–Kier alpha value is -5.85. The van der Waals surface area contributed by atoms with E-state index in [1.54, 1.807) is 22.9 Å². The fraction of sp³-hybridized carbons (Fsp3) is 0.500. The number of primary amides is 1. The monoisotopic (exact) mass is 913 g/mol. The van der Waals surface area contributed by atoms with Gasteiger partial charge in [-0.05, 0) is 108 Å². The van der Waals surface area contributed by atoms with Gasteiger partial charge in [0.05, 0.1) is 43.1 Å². The molecule has 9 rings (SSSR count).